The van der Waals surface area contributed by atoms with Gasteiger partial charge in [0.15, 0.2) is 0 Å². The monoisotopic (exact) mass is 405 g/mol. The molecule has 0 bridgehead atoms. The van der Waals surface area contributed by atoms with Gasteiger partial charge < -0.3 is 20.1 Å². The quantitative estimate of drug-likeness (QED) is 0.548. The number of esters is 1. The molecule has 0 saturated heterocycles. The Morgan fingerprint density at radius 1 is 1.23 bits per heavy atom. The molecular weight excluding hydrogens is 382 g/mol. The Kier molecular flexibility index (Phi) is 5.52. The number of para-hydroxylation sites is 1. The summed E-state index contributed by atoms with van der Waals surface area (Å²) in [4.78, 5) is 33.1. The van der Waals surface area contributed by atoms with Crippen molar-refractivity contribution in [2.24, 2.45) is 4.99 Å². The lowest BCUT2D eigenvalue weighted by Crippen LogP contribution is -2.47. The number of hydrogen-bond donors (Lipinski definition) is 3. The summed E-state index contributed by atoms with van der Waals surface area (Å²) < 4.78 is 5.14. The summed E-state index contributed by atoms with van der Waals surface area (Å²) in [5, 5.41) is 13.3. The molecule has 0 fully saturated rings. The first kappa shape index (κ1) is 19.7. The number of hydrogen-bond acceptors (Lipinski definition) is 5. The van der Waals surface area contributed by atoms with E-state index in [9.17, 15) is 14.7 Å². The number of nitrogens with one attached hydrogen (secondary N) is 2. The number of carbonyl (C=O) groups is 2. The van der Waals surface area contributed by atoms with Crippen molar-refractivity contribution in [3.8, 4) is 5.75 Å². The van der Waals surface area contributed by atoms with Crippen LogP contribution in [0, 0.1) is 0 Å². The molecule has 7 nitrogen and oxygen atoms in total. The van der Waals surface area contributed by atoms with Gasteiger partial charge in [-0.15, -0.1) is 0 Å². The highest BCUT2D eigenvalue weighted by molar-refractivity contribution is 5.98. The van der Waals surface area contributed by atoms with E-state index in [1.54, 1.807) is 37.4 Å². The lowest BCUT2D eigenvalue weighted by Gasteiger charge is -2.21. The Bertz CT molecular complexity index is 1100. The average molecular weight is 405 g/mol. The van der Waals surface area contributed by atoms with Crippen LogP contribution in [0.3, 0.4) is 0 Å². The first-order valence-corrected chi connectivity index (χ1v) is 9.93. The van der Waals surface area contributed by atoms with Crippen molar-refractivity contribution in [3.63, 3.8) is 0 Å². The standard InChI is InChI=1S/C23H23N3O4/c1-2-30-23(29)20(11-14-7-9-15(27)10-8-14)26-22(28)19-12-17-16-5-3-4-6-18(16)25-21(17)13-24-19/h3-10,13,19-20,25,27H,2,11-12H2,1H3,(H,26,28)/t19-,20-/m0/s1. The molecule has 0 aliphatic carbocycles. The number of amides is 1. The fraction of sp³-hybridized carbons (Fsp3) is 0.261. The smallest absolute Gasteiger partial charge is 0.328 e. The van der Waals surface area contributed by atoms with E-state index >= 15 is 0 Å². The Hall–Kier alpha value is -3.61. The predicted molar refractivity (Wildman–Crippen MR) is 114 cm³/mol. The van der Waals surface area contributed by atoms with Crippen LogP contribution in [0.1, 0.15) is 23.7 Å². The number of H-pyrrole nitrogens is 1. The van der Waals surface area contributed by atoms with Gasteiger partial charge in [-0.2, -0.15) is 0 Å². The van der Waals surface area contributed by atoms with Crippen molar-refractivity contribution >= 4 is 29.0 Å². The van der Waals surface area contributed by atoms with E-state index in [0.717, 1.165) is 27.7 Å². The molecule has 2 aromatic carbocycles. The van der Waals surface area contributed by atoms with Crippen molar-refractivity contribution in [2.75, 3.05) is 6.61 Å². The molecule has 7 heteroatoms. The summed E-state index contributed by atoms with van der Waals surface area (Å²) in [6, 6.07) is 13.0. The molecule has 0 radical (unpaired) electrons. The maximum atomic E-state index is 12.9. The number of aliphatic imine (C=N–C) groups is 1. The molecule has 154 valence electrons. The molecule has 4 rings (SSSR count). The second kappa shape index (κ2) is 8.41. The Morgan fingerprint density at radius 2 is 2.00 bits per heavy atom. The van der Waals surface area contributed by atoms with Crippen LogP contribution in [-0.4, -0.2) is 46.9 Å². The molecule has 30 heavy (non-hydrogen) atoms. The second-order valence-electron chi connectivity index (χ2n) is 7.24. The maximum absolute atomic E-state index is 12.9. The molecule has 1 amide bonds. The maximum Gasteiger partial charge on any atom is 0.328 e. The number of phenolic OH excluding ortho intramolecular Hbond substituents is 1. The SMILES string of the molecule is CCOC(=O)[C@H](Cc1ccc(O)cc1)NC(=O)[C@@H]1Cc2c([nH]c3ccccc23)C=N1. The summed E-state index contributed by atoms with van der Waals surface area (Å²) in [6.07, 6.45) is 2.40. The van der Waals surface area contributed by atoms with Gasteiger partial charge in [0.1, 0.15) is 17.8 Å². The highest BCUT2D eigenvalue weighted by Gasteiger charge is 2.29. The van der Waals surface area contributed by atoms with Gasteiger partial charge in [0.2, 0.25) is 5.91 Å². The van der Waals surface area contributed by atoms with E-state index in [1.165, 1.54) is 0 Å². The highest BCUT2D eigenvalue weighted by Crippen LogP contribution is 2.26. The van der Waals surface area contributed by atoms with Gasteiger partial charge in [-0.05, 0) is 36.2 Å². The molecule has 3 N–H and O–H groups in total. The van der Waals surface area contributed by atoms with Gasteiger partial charge in [-0.1, -0.05) is 30.3 Å². The molecule has 0 spiro atoms. The van der Waals surface area contributed by atoms with Crippen LogP contribution in [0.2, 0.25) is 0 Å². The summed E-state index contributed by atoms with van der Waals surface area (Å²) in [6.45, 7) is 1.95. The molecule has 1 aliphatic heterocycles. The fourth-order valence-corrected chi connectivity index (χ4v) is 3.69. The second-order valence-corrected chi connectivity index (χ2v) is 7.24. The zero-order chi connectivity index (χ0) is 21.1. The van der Waals surface area contributed by atoms with Crippen molar-refractivity contribution in [2.45, 2.75) is 31.8 Å². The molecule has 0 unspecified atom stereocenters. The average Bonchev–Trinajstić information content (AvgIpc) is 3.13. The summed E-state index contributed by atoms with van der Waals surface area (Å²) in [7, 11) is 0. The van der Waals surface area contributed by atoms with Crippen LogP contribution in [0.15, 0.2) is 53.5 Å². The number of carbonyl (C=O) groups excluding carboxylic acids is 2. The van der Waals surface area contributed by atoms with Crippen LogP contribution >= 0.6 is 0 Å². The summed E-state index contributed by atoms with van der Waals surface area (Å²) >= 11 is 0. The number of ether oxygens (including phenoxy) is 1. The zero-order valence-corrected chi connectivity index (χ0v) is 16.6. The molecule has 2 heterocycles. The summed E-state index contributed by atoms with van der Waals surface area (Å²) in [5.41, 5.74) is 3.77. The predicted octanol–water partition coefficient (Wildman–Crippen LogP) is 2.51. The number of rotatable bonds is 6. The van der Waals surface area contributed by atoms with Crippen molar-refractivity contribution in [1.29, 1.82) is 0 Å². The van der Waals surface area contributed by atoms with E-state index in [1.807, 2.05) is 24.3 Å². The van der Waals surface area contributed by atoms with Crippen LogP contribution in [0.25, 0.3) is 10.9 Å². The largest absolute Gasteiger partial charge is 0.508 e. The molecule has 1 aliphatic rings. The van der Waals surface area contributed by atoms with Gasteiger partial charge >= 0.3 is 5.97 Å². The number of fused-ring (bicyclic) bond motifs is 3. The van der Waals surface area contributed by atoms with E-state index in [4.69, 9.17) is 4.74 Å². The normalized spacial score (nSPS) is 16.1. The van der Waals surface area contributed by atoms with Gasteiger partial charge in [0.05, 0.1) is 12.3 Å². The van der Waals surface area contributed by atoms with Crippen LogP contribution in [0.4, 0.5) is 0 Å². The number of nitrogens with zero attached hydrogens (tertiary/aromatic N) is 1. The molecule has 1 aromatic heterocycles. The van der Waals surface area contributed by atoms with Crippen molar-refractivity contribution < 1.29 is 19.4 Å². The Morgan fingerprint density at radius 3 is 2.77 bits per heavy atom. The Balaban J connectivity index is 1.50. The Labute approximate surface area is 173 Å². The molecular formula is C23H23N3O4. The topological polar surface area (TPSA) is 104 Å². The van der Waals surface area contributed by atoms with Gasteiger partial charge in [-0.25, -0.2) is 4.79 Å². The molecule has 2 atom stereocenters. The van der Waals surface area contributed by atoms with E-state index in [0.29, 0.717) is 6.42 Å². The lowest BCUT2D eigenvalue weighted by atomic mass is 9.99. The third-order valence-electron chi connectivity index (χ3n) is 5.19. The first-order valence-electron chi connectivity index (χ1n) is 9.93. The van der Waals surface area contributed by atoms with Crippen molar-refractivity contribution in [1.82, 2.24) is 10.3 Å². The van der Waals surface area contributed by atoms with E-state index in [2.05, 4.69) is 15.3 Å². The highest BCUT2D eigenvalue weighted by atomic mass is 16.5. The van der Waals surface area contributed by atoms with Gasteiger partial charge in [0.25, 0.3) is 0 Å². The minimum Gasteiger partial charge on any atom is -0.508 e. The zero-order valence-electron chi connectivity index (χ0n) is 16.6. The fourth-order valence-electron chi connectivity index (χ4n) is 3.69. The number of benzene rings is 2. The molecule has 0 saturated carbocycles. The van der Waals surface area contributed by atoms with Crippen LogP contribution in [-0.2, 0) is 27.2 Å². The first-order chi connectivity index (χ1) is 14.5. The van der Waals surface area contributed by atoms with Crippen molar-refractivity contribution in [3.05, 3.63) is 65.4 Å². The van der Waals surface area contributed by atoms with Crippen LogP contribution in [0.5, 0.6) is 5.75 Å². The van der Waals surface area contributed by atoms with Gasteiger partial charge in [-0.3, -0.25) is 9.79 Å². The number of aromatic nitrogens is 1. The van der Waals surface area contributed by atoms with Gasteiger partial charge in [0, 0.05) is 30.0 Å². The number of aromatic amines is 1. The van der Waals surface area contributed by atoms with E-state index in [-0.39, 0.29) is 24.7 Å². The minimum atomic E-state index is -0.832. The number of phenols is 1. The van der Waals surface area contributed by atoms with Crippen LogP contribution < -0.4 is 5.32 Å². The van der Waals surface area contributed by atoms with E-state index < -0.39 is 18.1 Å². The third-order valence-corrected chi connectivity index (χ3v) is 5.19. The third kappa shape index (κ3) is 4.05. The minimum absolute atomic E-state index is 0.140. The number of aromatic hydroxyl groups is 1. The summed E-state index contributed by atoms with van der Waals surface area (Å²) in [5.74, 6) is -0.674. The molecule has 3 aromatic rings. The lowest BCUT2D eigenvalue weighted by molar-refractivity contribution is -0.147.